The Morgan fingerprint density at radius 1 is 0.600 bits per heavy atom. The minimum absolute atomic E-state index is 0.169. The normalized spacial score (nSPS) is 15.9. The zero-order valence-electron chi connectivity index (χ0n) is 23.1. The molecule has 1 aliphatic rings. The lowest BCUT2D eigenvalue weighted by molar-refractivity contribution is 0.415. The number of hydrogen-bond acceptors (Lipinski definition) is 3. The number of nitrogens with zero attached hydrogens (tertiary/aromatic N) is 1. The van der Waals surface area contributed by atoms with Gasteiger partial charge in [-0.25, -0.2) is 0 Å². The zero-order chi connectivity index (χ0) is 26.9. The third-order valence-electron chi connectivity index (χ3n) is 8.70. The van der Waals surface area contributed by atoms with Gasteiger partial charge in [-0.15, -0.1) is 0 Å². The van der Waals surface area contributed by atoms with E-state index in [1.807, 2.05) is 0 Å². The van der Waals surface area contributed by atoms with E-state index in [1.54, 1.807) is 0 Å². The molecular formula is C36H36NO2P. The van der Waals surface area contributed by atoms with Crippen molar-refractivity contribution in [2.45, 2.75) is 64.0 Å². The van der Waals surface area contributed by atoms with Gasteiger partial charge in [0.2, 0.25) is 0 Å². The standard InChI is InChI=1S/C36H36NO2P/c1-26(27-14-6-5-7-15-27)37(30-18-8-3-2-4-9-19-30)40-38-33-24-22-28-16-10-12-20-31(28)35(33)36-32-21-13-11-17-29(32)23-25-34(36)39-40/h5-7,10-17,20-26,30H,2-4,8-9,18-19H2,1H3/t26-/m1/s1. The monoisotopic (exact) mass is 545 g/mol. The van der Waals surface area contributed by atoms with Gasteiger partial charge in [0.25, 0.3) is 0 Å². The highest BCUT2D eigenvalue weighted by Gasteiger charge is 2.31. The quantitative estimate of drug-likeness (QED) is 0.221. The van der Waals surface area contributed by atoms with Crippen molar-refractivity contribution in [2.24, 2.45) is 0 Å². The molecule has 0 spiro atoms. The molecule has 3 nitrogen and oxygen atoms in total. The van der Waals surface area contributed by atoms with Crippen molar-refractivity contribution in [1.29, 1.82) is 0 Å². The Hall–Kier alpha value is -3.52. The SMILES string of the molecule is C[C@H](c1ccccc1)N(C1CCCCCCC1)p1oc2ccc3ccccc3c2c2c(ccc3ccccc32)o1. The molecule has 40 heavy (non-hydrogen) atoms. The van der Waals surface area contributed by atoms with E-state index in [1.165, 1.54) is 72.1 Å². The van der Waals surface area contributed by atoms with Gasteiger partial charge >= 0.3 is 8.16 Å². The van der Waals surface area contributed by atoms with Crippen molar-refractivity contribution < 1.29 is 8.39 Å². The van der Waals surface area contributed by atoms with Crippen molar-refractivity contribution >= 4 is 51.6 Å². The highest BCUT2D eigenvalue weighted by Crippen LogP contribution is 2.46. The predicted molar refractivity (Wildman–Crippen MR) is 171 cm³/mol. The lowest BCUT2D eigenvalue weighted by Crippen LogP contribution is -2.35. The lowest BCUT2D eigenvalue weighted by Gasteiger charge is -2.34. The first-order chi connectivity index (χ1) is 19.8. The van der Waals surface area contributed by atoms with Gasteiger partial charge in [0.15, 0.2) is 0 Å². The third kappa shape index (κ3) is 4.72. The van der Waals surface area contributed by atoms with Crippen molar-refractivity contribution in [1.82, 2.24) is 0 Å². The summed E-state index contributed by atoms with van der Waals surface area (Å²) < 4.78 is 16.8. The molecule has 0 radical (unpaired) electrons. The minimum Gasteiger partial charge on any atom is -0.408 e. The minimum atomic E-state index is -1.42. The van der Waals surface area contributed by atoms with Gasteiger partial charge < -0.3 is 8.39 Å². The molecule has 1 aromatic heterocycles. The maximum atomic E-state index is 7.10. The topological polar surface area (TPSA) is 29.5 Å². The second-order valence-corrected chi connectivity index (χ2v) is 12.5. The molecule has 6 aromatic rings. The van der Waals surface area contributed by atoms with Crippen LogP contribution in [0.1, 0.15) is 63.5 Å². The van der Waals surface area contributed by atoms with E-state index in [0.29, 0.717) is 6.04 Å². The van der Waals surface area contributed by atoms with Crippen LogP contribution in [-0.4, -0.2) is 6.04 Å². The van der Waals surface area contributed by atoms with Crippen molar-refractivity contribution in [2.75, 3.05) is 4.67 Å². The van der Waals surface area contributed by atoms with Crippen LogP contribution in [-0.2, 0) is 0 Å². The first-order valence-electron chi connectivity index (χ1n) is 14.8. The van der Waals surface area contributed by atoms with Gasteiger partial charge in [-0.3, -0.25) is 0 Å². The van der Waals surface area contributed by atoms with E-state index in [9.17, 15) is 0 Å². The van der Waals surface area contributed by atoms with E-state index in [4.69, 9.17) is 8.39 Å². The summed E-state index contributed by atoms with van der Waals surface area (Å²) in [6.07, 6.45) is 8.85. The molecule has 5 aromatic carbocycles. The fraction of sp³-hybridized carbons (Fsp3) is 0.278. The number of benzene rings is 5. The van der Waals surface area contributed by atoms with E-state index in [0.717, 1.165) is 21.9 Å². The third-order valence-corrected chi connectivity index (χ3v) is 10.5. The summed E-state index contributed by atoms with van der Waals surface area (Å²) in [5.74, 6) is 0. The van der Waals surface area contributed by atoms with Crippen LogP contribution in [0.15, 0.2) is 112 Å². The van der Waals surface area contributed by atoms with Gasteiger partial charge in [0.1, 0.15) is 11.2 Å². The van der Waals surface area contributed by atoms with Crippen LogP contribution >= 0.6 is 8.16 Å². The number of rotatable bonds is 4. The van der Waals surface area contributed by atoms with Crippen LogP contribution in [0.25, 0.3) is 43.5 Å². The zero-order valence-corrected chi connectivity index (χ0v) is 24.0. The van der Waals surface area contributed by atoms with Crippen molar-refractivity contribution in [3.8, 4) is 0 Å². The Bertz CT molecular complexity index is 1720. The summed E-state index contributed by atoms with van der Waals surface area (Å²) in [5, 5.41) is 7.10. The average molecular weight is 546 g/mol. The lowest BCUT2D eigenvalue weighted by atomic mass is 9.95. The molecule has 1 saturated carbocycles. The smallest absolute Gasteiger partial charge is 0.310 e. The molecule has 0 N–H and O–H groups in total. The second-order valence-electron chi connectivity index (χ2n) is 11.2. The molecular weight excluding hydrogens is 509 g/mol. The number of fused-ring (bicyclic) bond motifs is 7. The van der Waals surface area contributed by atoms with E-state index < -0.39 is 8.16 Å². The molecule has 0 amide bonds. The molecule has 0 aliphatic heterocycles. The van der Waals surface area contributed by atoms with Gasteiger partial charge in [-0.1, -0.05) is 123 Å². The Balaban J connectivity index is 1.56. The fourth-order valence-corrected chi connectivity index (χ4v) is 8.41. The average Bonchev–Trinajstić information content (AvgIpc) is 3.16. The Labute approximate surface area is 237 Å². The van der Waals surface area contributed by atoms with E-state index in [-0.39, 0.29) is 6.04 Å². The van der Waals surface area contributed by atoms with E-state index in [2.05, 4.69) is 115 Å². The van der Waals surface area contributed by atoms with Gasteiger partial charge in [0.05, 0.1) is 0 Å². The summed E-state index contributed by atoms with van der Waals surface area (Å²) in [7, 11) is -1.42. The summed E-state index contributed by atoms with van der Waals surface area (Å²) in [6, 6.07) is 37.5. The Morgan fingerprint density at radius 3 is 1.68 bits per heavy atom. The van der Waals surface area contributed by atoms with Crippen LogP contribution < -0.4 is 4.67 Å². The summed E-state index contributed by atoms with van der Waals surface area (Å²) in [6.45, 7) is 2.33. The van der Waals surface area contributed by atoms with Gasteiger partial charge in [0, 0.05) is 22.9 Å². The Kier molecular flexibility index (Phi) is 7.10. The molecule has 7 rings (SSSR count). The largest absolute Gasteiger partial charge is 0.408 e. The van der Waals surface area contributed by atoms with Crippen molar-refractivity contribution in [3.63, 3.8) is 0 Å². The molecule has 4 heteroatoms. The van der Waals surface area contributed by atoms with Crippen LogP contribution in [0, 0.1) is 0 Å². The highest BCUT2D eigenvalue weighted by molar-refractivity contribution is 7.39. The number of hydrogen-bond donors (Lipinski definition) is 0. The second kappa shape index (κ2) is 11.2. The summed E-state index contributed by atoms with van der Waals surface area (Å²) in [4.78, 5) is 0. The molecule has 0 unspecified atom stereocenters. The van der Waals surface area contributed by atoms with Gasteiger partial charge in [-0.05, 0) is 59.0 Å². The maximum absolute atomic E-state index is 7.10. The Morgan fingerprint density at radius 2 is 1.10 bits per heavy atom. The molecule has 1 atom stereocenters. The molecule has 1 heterocycles. The van der Waals surface area contributed by atoms with Crippen LogP contribution in [0.2, 0.25) is 0 Å². The highest BCUT2D eigenvalue weighted by atomic mass is 31.1. The van der Waals surface area contributed by atoms with Gasteiger partial charge in [-0.2, -0.15) is 4.67 Å². The van der Waals surface area contributed by atoms with Crippen molar-refractivity contribution in [3.05, 3.63) is 109 Å². The van der Waals surface area contributed by atoms with Crippen LogP contribution in [0.5, 0.6) is 0 Å². The first kappa shape index (κ1) is 25.4. The molecule has 1 fully saturated rings. The first-order valence-corrected chi connectivity index (χ1v) is 15.9. The maximum Gasteiger partial charge on any atom is 0.310 e. The molecule has 1 aliphatic carbocycles. The van der Waals surface area contributed by atoms with E-state index >= 15 is 0 Å². The van der Waals surface area contributed by atoms with Crippen LogP contribution in [0.4, 0.5) is 0 Å². The summed E-state index contributed by atoms with van der Waals surface area (Å²) in [5.41, 5.74) is 3.13. The fourth-order valence-electron chi connectivity index (χ4n) is 6.63. The molecule has 0 bridgehead atoms. The van der Waals surface area contributed by atoms with Crippen LogP contribution in [0.3, 0.4) is 0 Å². The summed E-state index contributed by atoms with van der Waals surface area (Å²) >= 11 is 0. The molecule has 0 saturated heterocycles. The predicted octanol–water partition coefficient (Wildman–Crippen LogP) is 11.4. The molecule has 202 valence electrons.